The zero-order valence-corrected chi connectivity index (χ0v) is 46.3. The normalized spacial score (nSPS) is 13.3. The quantitative estimate of drug-likeness (QED) is 0.0211. The van der Waals surface area contributed by atoms with Crippen LogP contribution in [0.15, 0.2) is 211 Å². The van der Waals surface area contributed by atoms with E-state index in [1.807, 2.05) is 0 Å². The van der Waals surface area contributed by atoms with Gasteiger partial charge in [-0.3, -0.25) is 10.1 Å². The van der Waals surface area contributed by atoms with E-state index in [9.17, 15) is 37.7 Å². The van der Waals surface area contributed by atoms with Gasteiger partial charge in [-0.25, -0.2) is 9.59 Å². The van der Waals surface area contributed by atoms with Crippen molar-refractivity contribution in [3.63, 3.8) is 0 Å². The standard InChI is InChI=1S/2C18H15S.2C8H12F2O5S.CH4.B2.ClH.Na/c2*1-4-10-16(11-5-1)19(17-12-6-2-7-13-17)18-14-8-3-9-15-18;2*9-8(10,16-15-14-12)7(11)13-6-4-2-1-3-5-6;;1-2;;/h2*1-15H;2*6,12H,1-5H2;1H4;;1H;/q2*+1;;;;;;+1/p-3. The van der Waals surface area contributed by atoms with Crippen LogP contribution >= 0.6 is 24.1 Å². The summed E-state index contributed by atoms with van der Waals surface area (Å²) in [6.45, 7) is 0. The second-order valence-corrected chi connectivity index (χ2v) is 21.0. The van der Waals surface area contributed by atoms with Gasteiger partial charge in [0.1, 0.15) is 36.3 Å². The Balaban J connectivity index is 0.000000490. The first-order valence-corrected chi connectivity index (χ1v) is 26.5. The maximum atomic E-state index is 12.9. The van der Waals surface area contributed by atoms with Crippen LogP contribution in [-0.2, 0) is 59.6 Å². The molecule has 10 nitrogen and oxygen atoms in total. The predicted octanol–water partition coefficient (Wildman–Crippen LogP) is 6.10. The van der Waals surface area contributed by atoms with Crippen LogP contribution in [0.25, 0.3) is 0 Å². The van der Waals surface area contributed by atoms with Gasteiger partial charge in [0, 0.05) is 15.5 Å². The van der Waals surface area contributed by atoms with Crippen LogP contribution in [0.3, 0.4) is 0 Å². The topological polar surface area (TPSA) is 136 Å². The van der Waals surface area contributed by atoms with E-state index in [1.165, 1.54) is 29.4 Å². The van der Waals surface area contributed by atoms with E-state index in [1.54, 1.807) is 0 Å². The summed E-state index contributed by atoms with van der Waals surface area (Å²) in [4.78, 5) is 30.2. The van der Waals surface area contributed by atoms with Crippen LogP contribution in [0.4, 0.5) is 17.6 Å². The Kier molecular flexibility index (Phi) is 37.0. The second-order valence-electron chi connectivity index (χ2n) is 15.3. The number of hydrogen-bond acceptors (Lipinski definition) is 12. The molecule has 2 aliphatic carbocycles. The molecule has 0 unspecified atom stereocenters. The van der Waals surface area contributed by atoms with E-state index >= 15 is 0 Å². The van der Waals surface area contributed by atoms with Crippen molar-refractivity contribution in [1.29, 1.82) is 0 Å². The second kappa shape index (κ2) is 39.9. The molecule has 0 atom stereocenters. The van der Waals surface area contributed by atoms with Crippen LogP contribution < -0.4 is 52.5 Å². The third kappa shape index (κ3) is 25.3. The van der Waals surface area contributed by atoms with Crippen LogP contribution in [0.2, 0.25) is 0 Å². The molecule has 4 radical (unpaired) electrons. The first-order valence-electron chi connectivity index (χ1n) is 22.6. The summed E-state index contributed by atoms with van der Waals surface area (Å²) in [5.74, 6) is -3.41. The summed E-state index contributed by atoms with van der Waals surface area (Å²) >= 11 is -1.33. The molecule has 0 spiro atoms. The molecule has 0 saturated heterocycles. The van der Waals surface area contributed by atoms with E-state index < -0.39 is 58.7 Å². The minimum atomic E-state index is -3.93. The van der Waals surface area contributed by atoms with E-state index in [2.05, 4.69) is 226 Å². The fraction of sp³-hybridized carbons (Fsp3) is 0.283. The minimum Gasteiger partial charge on any atom is -1.00 e. The van der Waals surface area contributed by atoms with E-state index in [0.29, 0.717) is 25.7 Å². The van der Waals surface area contributed by atoms with Crippen molar-refractivity contribution in [2.75, 3.05) is 0 Å². The van der Waals surface area contributed by atoms with Gasteiger partial charge in [-0.15, -0.1) is 0 Å². The molecule has 6 aromatic rings. The summed E-state index contributed by atoms with van der Waals surface area (Å²) in [7, 11) is 7.97. The Morgan fingerprint density at radius 1 is 0.440 bits per heavy atom. The van der Waals surface area contributed by atoms with Crippen molar-refractivity contribution in [3.8, 4) is 0 Å². The van der Waals surface area contributed by atoms with E-state index in [4.69, 9.17) is 0 Å². The maximum absolute atomic E-state index is 12.9. The largest absolute Gasteiger partial charge is 1.00 e. The molecule has 0 aromatic heterocycles. The van der Waals surface area contributed by atoms with Crippen molar-refractivity contribution in [2.45, 2.75) is 124 Å². The van der Waals surface area contributed by atoms with E-state index in [-0.39, 0.29) is 71.2 Å². The molecule has 22 heteroatoms. The number of benzene rings is 6. The molecule has 6 aromatic carbocycles. The molecule has 2 aliphatic rings. The molecule has 2 fully saturated rings. The van der Waals surface area contributed by atoms with Gasteiger partial charge in [-0.05, 0) is 124 Å². The SMILES string of the molecule is C.O=C(OC1CCCCC1)C(F)(F)SOO[O-].O=C(OC1CCCCC1)C(F)(F)SOO[O-].[B][B].[Cl-].[Na+].c1ccc([S+](c2ccccc2)c2ccccc2)cc1.c1ccc([S+](c2ccccc2)c2ccccc2)cc1. The first kappa shape index (κ1) is 69.6. The fourth-order valence-corrected chi connectivity index (χ4v) is 11.8. The number of ether oxygens (including phenoxy) is 2. The van der Waals surface area contributed by atoms with Gasteiger partial charge in [-0.2, -0.15) is 26.2 Å². The van der Waals surface area contributed by atoms with Crippen molar-refractivity contribution in [2.24, 2.45) is 0 Å². The van der Waals surface area contributed by atoms with Crippen LogP contribution in [-0.4, -0.2) is 50.1 Å². The summed E-state index contributed by atoms with van der Waals surface area (Å²) in [5, 5.41) is 16.3. The summed E-state index contributed by atoms with van der Waals surface area (Å²) in [5.41, 5.74) is 0. The summed E-state index contributed by atoms with van der Waals surface area (Å²) in [6, 6.07) is 64.3. The van der Waals surface area contributed by atoms with Gasteiger partial charge < -0.3 is 32.4 Å². The van der Waals surface area contributed by atoms with Gasteiger partial charge >= 0.3 is 52.0 Å². The van der Waals surface area contributed by atoms with Gasteiger partial charge in [0.25, 0.3) is 0 Å². The Hall–Kier alpha value is -3.44. The van der Waals surface area contributed by atoms with Crippen LogP contribution in [0.5, 0.6) is 0 Å². The predicted molar refractivity (Wildman–Crippen MR) is 277 cm³/mol. The van der Waals surface area contributed by atoms with E-state index in [0.717, 1.165) is 38.5 Å². The van der Waals surface area contributed by atoms with Crippen molar-refractivity contribution >= 4 is 73.3 Å². The monoisotopic (exact) mass is 1140 g/mol. The molecule has 2 saturated carbocycles. The first-order chi connectivity index (χ1) is 35.0. The zero-order valence-electron chi connectivity index (χ0n) is 40.3. The minimum absolute atomic E-state index is 0. The molecule has 75 heavy (non-hydrogen) atoms. The number of halogens is 5. The Morgan fingerprint density at radius 3 is 0.827 bits per heavy atom. The van der Waals surface area contributed by atoms with Crippen molar-refractivity contribution in [3.05, 3.63) is 182 Å². The Morgan fingerprint density at radius 2 is 0.640 bits per heavy atom. The number of carbonyl (C=O) groups is 2. The molecular formula is C53H56B2ClF4NaO10S4. The Labute approximate surface area is 483 Å². The van der Waals surface area contributed by atoms with Gasteiger partial charge in [0.15, 0.2) is 29.4 Å². The zero-order chi connectivity index (χ0) is 51.9. The van der Waals surface area contributed by atoms with Crippen LogP contribution in [0.1, 0.15) is 71.6 Å². The van der Waals surface area contributed by atoms with Crippen molar-refractivity contribution < 1.29 is 108 Å². The van der Waals surface area contributed by atoms with Crippen LogP contribution in [0, 0.1) is 0 Å². The number of hydrogen-bond donors (Lipinski definition) is 0. The molecule has 394 valence electrons. The number of esters is 2. The average molecular weight is 1140 g/mol. The number of carbonyl (C=O) groups excluding carboxylic acids is 2. The third-order valence-corrected chi connectivity index (χ3v) is 15.8. The molecule has 0 bridgehead atoms. The Bertz CT molecular complexity index is 2020. The molecule has 0 N–H and O–H groups in total. The average Bonchev–Trinajstić information content (AvgIpc) is 3.43. The number of alkyl halides is 4. The smallest absolute Gasteiger partial charge is 1.00 e. The molecule has 0 heterocycles. The van der Waals surface area contributed by atoms with Gasteiger partial charge in [-0.1, -0.05) is 129 Å². The molecule has 8 rings (SSSR count). The fourth-order valence-electron chi connectivity index (χ4n) is 7.14. The van der Waals surface area contributed by atoms with Gasteiger partial charge in [0.2, 0.25) is 0 Å². The summed E-state index contributed by atoms with van der Waals surface area (Å²) < 4.78 is 67.7. The molecular weight excluding hydrogens is 1080 g/mol. The number of rotatable bonds is 16. The summed E-state index contributed by atoms with van der Waals surface area (Å²) in [6.07, 6.45) is 6.88. The van der Waals surface area contributed by atoms with Crippen molar-refractivity contribution in [1.82, 2.24) is 0 Å². The maximum Gasteiger partial charge on any atom is 1.00 e. The van der Waals surface area contributed by atoms with Gasteiger partial charge in [0.05, 0.1) is 21.8 Å². The molecule has 0 aliphatic heterocycles. The molecule has 0 amide bonds. The third-order valence-electron chi connectivity index (χ3n) is 10.3.